The lowest BCUT2D eigenvalue weighted by atomic mass is 10.1. The molecule has 3 heterocycles. The molecule has 0 saturated carbocycles. The van der Waals surface area contributed by atoms with Crippen molar-refractivity contribution >= 4 is 0 Å². The van der Waals surface area contributed by atoms with Crippen molar-refractivity contribution in [3.8, 4) is 0 Å². The van der Waals surface area contributed by atoms with Crippen LogP contribution >= 0.6 is 0 Å². The van der Waals surface area contributed by atoms with Crippen LogP contribution in [0.15, 0.2) is 10.9 Å². The molecule has 0 spiro atoms. The van der Waals surface area contributed by atoms with E-state index in [9.17, 15) is 0 Å². The van der Waals surface area contributed by atoms with Gasteiger partial charge in [0.1, 0.15) is 18.2 Å². The number of aromatic nitrogens is 5. The van der Waals surface area contributed by atoms with Crippen LogP contribution in [-0.2, 0) is 17.8 Å². The zero-order valence-electron chi connectivity index (χ0n) is 14.1. The van der Waals surface area contributed by atoms with Crippen molar-refractivity contribution in [3.63, 3.8) is 0 Å². The topological polar surface area (TPSA) is 82.1 Å². The van der Waals surface area contributed by atoms with Gasteiger partial charge in [-0.05, 0) is 19.8 Å². The first-order valence-corrected chi connectivity index (χ1v) is 8.07. The monoisotopic (exact) mass is 320 g/mol. The first-order valence-electron chi connectivity index (χ1n) is 8.07. The van der Waals surface area contributed by atoms with Crippen molar-refractivity contribution in [2.75, 3.05) is 13.2 Å². The molecule has 3 rings (SSSR count). The molecule has 2 aromatic rings. The molecule has 1 saturated heterocycles. The van der Waals surface area contributed by atoms with Crippen molar-refractivity contribution < 1.29 is 9.26 Å². The smallest absolute Gasteiger partial charge is 0.246 e. The number of nitrogens with zero attached hydrogens (tertiary/aromatic N) is 6. The highest BCUT2D eigenvalue weighted by Gasteiger charge is 2.35. The number of hydrogen-bond acceptors (Lipinski definition) is 7. The van der Waals surface area contributed by atoms with Gasteiger partial charge in [-0.1, -0.05) is 19.0 Å². The predicted molar refractivity (Wildman–Crippen MR) is 82.5 cm³/mol. The van der Waals surface area contributed by atoms with Crippen LogP contribution in [0.1, 0.15) is 44.4 Å². The molecular formula is C15H24N6O2. The molecule has 23 heavy (non-hydrogen) atoms. The Morgan fingerprint density at radius 1 is 1.39 bits per heavy atom. The van der Waals surface area contributed by atoms with Crippen molar-refractivity contribution in [2.24, 2.45) is 5.92 Å². The van der Waals surface area contributed by atoms with Gasteiger partial charge < -0.3 is 9.26 Å². The van der Waals surface area contributed by atoms with Crippen LogP contribution in [0.25, 0.3) is 0 Å². The Labute approximate surface area is 135 Å². The fourth-order valence-electron chi connectivity index (χ4n) is 2.94. The molecule has 2 aromatic heterocycles. The average Bonchev–Trinajstić information content (AvgIpc) is 3.08. The summed E-state index contributed by atoms with van der Waals surface area (Å²) in [4.78, 5) is 11.1. The van der Waals surface area contributed by atoms with Crippen LogP contribution in [0.3, 0.4) is 0 Å². The third kappa shape index (κ3) is 3.59. The van der Waals surface area contributed by atoms with Gasteiger partial charge in [0.05, 0.1) is 19.3 Å². The molecule has 0 radical (unpaired) electrons. The Hall–Kier alpha value is -1.80. The largest absolute Gasteiger partial charge is 0.375 e. The van der Waals surface area contributed by atoms with Gasteiger partial charge in [0.15, 0.2) is 5.82 Å². The van der Waals surface area contributed by atoms with Crippen molar-refractivity contribution in [2.45, 2.75) is 52.9 Å². The summed E-state index contributed by atoms with van der Waals surface area (Å²) >= 11 is 0. The van der Waals surface area contributed by atoms with E-state index in [-0.39, 0.29) is 12.1 Å². The van der Waals surface area contributed by atoms with Crippen molar-refractivity contribution in [1.29, 1.82) is 0 Å². The molecule has 8 nitrogen and oxygen atoms in total. The lowest BCUT2D eigenvalue weighted by Crippen LogP contribution is -2.44. The highest BCUT2D eigenvalue weighted by atomic mass is 16.5. The molecule has 126 valence electrons. The summed E-state index contributed by atoms with van der Waals surface area (Å²) in [6.45, 7) is 11.2. The molecule has 1 fully saturated rings. The maximum Gasteiger partial charge on any atom is 0.246 e. The van der Waals surface area contributed by atoms with E-state index in [4.69, 9.17) is 9.26 Å². The molecule has 0 unspecified atom stereocenters. The number of rotatable bonds is 5. The minimum Gasteiger partial charge on any atom is -0.375 e. The minimum atomic E-state index is -0.0610. The molecule has 0 N–H and O–H groups in total. The molecule has 1 aliphatic heterocycles. The van der Waals surface area contributed by atoms with Gasteiger partial charge in [-0.15, -0.1) is 0 Å². The molecule has 0 amide bonds. The normalized spacial score (nSPS) is 22.8. The van der Waals surface area contributed by atoms with Crippen LogP contribution in [-0.4, -0.2) is 49.1 Å². The van der Waals surface area contributed by atoms with Crippen molar-refractivity contribution in [3.05, 3.63) is 23.9 Å². The maximum atomic E-state index is 5.79. The van der Waals surface area contributed by atoms with Crippen LogP contribution in [0.5, 0.6) is 0 Å². The van der Waals surface area contributed by atoms with Gasteiger partial charge in [0.2, 0.25) is 5.89 Å². The number of morpholine rings is 1. The highest BCUT2D eigenvalue weighted by molar-refractivity contribution is 4.99. The minimum absolute atomic E-state index is 0.00919. The second kappa shape index (κ2) is 6.76. The van der Waals surface area contributed by atoms with Crippen LogP contribution < -0.4 is 0 Å². The fraction of sp³-hybridized carbons (Fsp3) is 0.733. The zero-order valence-corrected chi connectivity index (χ0v) is 14.1. The van der Waals surface area contributed by atoms with E-state index >= 15 is 0 Å². The molecule has 0 aliphatic carbocycles. The average molecular weight is 320 g/mol. The quantitative estimate of drug-likeness (QED) is 0.827. The summed E-state index contributed by atoms with van der Waals surface area (Å²) in [5.41, 5.74) is 0. The number of ether oxygens (including phenoxy) is 1. The molecule has 2 atom stereocenters. The first-order chi connectivity index (χ1) is 11.0. The number of hydrogen-bond donors (Lipinski definition) is 0. The highest BCUT2D eigenvalue weighted by Crippen LogP contribution is 2.29. The maximum absolute atomic E-state index is 5.79. The van der Waals surface area contributed by atoms with E-state index in [1.165, 1.54) is 0 Å². The van der Waals surface area contributed by atoms with Crippen LogP contribution in [0.2, 0.25) is 0 Å². The van der Waals surface area contributed by atoms with E-state index < -0.39 is 0 Å². The summed E-state index contributed by atoms with van der Waals surface area (Å²) in [7, 11) is 0. The fourth-order valence-corrected chi connectivity index (χ4v) is 2.94. The molecule has 1 aliphatic rings. The molecule has 0 aromatic carbocycles. The van der Waals surface area contributed by atoms with Crippen LogP contribution in [0.4, 0.5) is 0 Å². The Morgan fingerprint density at radius 3 is 2.91 bits per heavy atom. The van der Waals surface area contributed by atoms with Gasteiger partial charge >= 0.3 is 0 Å². The zero-order chi connectivity index (χ0) is 16.4. The Morgan fingerprint density at radius 2 is 2.22 bits per heavy atom. The standard InChI is InChI=1S/C15H24N6O2/c1-10(2)7-21-13(16-9-17-21)8-20-5-6-22-11(3)14(20)15-18-12(4)19-23-15/h9-11,14H,5-8H2,1-4H3/t11-,14+/m1/s1. The van der Waals surface area contributed by atoms with Gasteiger partial charge in [-0.2, -0.15) is 10.1 Å². The molecule has 8 heteroatoms. The van der Waals surface area contributed by atoms with E-state index in [0.29, 0.717) is 30.8 Å². The van der Waals surface area contributed by atoms with Crippen LogP contribution in [0, 0.1) is 12.8 Å². The second-order valence-electron chi connectivity index (χ2n) is 6.42. The van der Waals surface area contributed by atoms with E-state index in [2.05, 4.69) is 39.0 Å². The van der Waals surface area contributed by atoms with Gasteiger partial charge in [-0.25, -0.2) is 9.67 Å². The van der Waals surface area contributed by atoms with E-state index in [0.717, 1.165) is 18.9 Å². The third-order valence-electron chi connectivity index (χ3n) is 3.97. The Balaban J connectivity index is 1.81. The number of aryl methyl sites for hydroxylation is 1. The molecule has 0 bridgehead atoms. The lowest BCUT2D eigenvalue weighted by Gasteiger charge is -2.37. The molecular weight excluding hydrogens is 296 g/mol. The van der Waals surface area contributed by atoms with Crippen molar-refractivity contribution in [1.82, 2.24) is 29.8 Å². The summed E-state index contributed by atoms with van der Waals surface area (Å²) in [5, 5.41) is 8.25. The summed E-state index contributed by atoms with van der Waals surface area (Å²) < 4.78 is 13.2. The van der Waals surface area contributed by atoms with Gasteiger partial charge in [0, 0.05) is 13.1 Å². The first kappa shape index (κ1) is 16.1. The Kier molecular flexibility index (Phi) is 4.72. The van der Waals surface area contributed by atoms with E-state index in [1.807, 2.05) is 18.5 Å². The third-order valence-corrected chi connectivity index (χ3v) is 3.97. The summed E-state index contributed by atoms with van der Waals surface area (Å²) in [6.07, 6.45) is 1.61. The second-order valence-corrected chi connectivity index (χ2v) is 6.42. The summed E-state index contributed by atoms with van der Waals surface area (Å²) in [6, 6.07) is -0.0610. The summed E-state index contributed by atoms with van der Waals surface area (Å²) in [5.74, 6) is 2.72. The SMILES string of the molecule is Cc1noc([C@@H]2[C@@H](C)OCCN2Cc2ncnn2CC(C)C)n1. The lowest BCUT2D eigenvalue weighted by molar-refractivity contribution is -0.0775. The van der Waals surface area contributed by atoms with E-state index in [1.54, 1.807) is 6.33 Å². The van der Waals surface area contributed by atoms with Gasteiger partial charge in [-0.3, -0.25) is 4.90 Å². The Bertz CT molecular complexity index is 637. The predicted octanol–water partition coefficient (Wildman–Crippen LogP) is 1.59. The van der Waals surface area contributed by atoms with Gasteiger partial charge in [0.25, 0.3) is 0 Å².